The predicted octanol–water partition coefficient (Wildman–Crippen LogP) is 3.46. The van der Waals surface area contributed by atoms with Crippen LogP contribution < -0.4 is 4.80 Å². The van der Waals surface area contributed by atoms with Gasteiger partial charge in [0.2, 0.25) is 0 Å². The number of esters is 1. The Labute approximate surface area is 176 Å². The highest BCUT2D eigenvalue weighted by Crippen LogP contribution is 2.23. The molecular weight excluding hydrogens is 406 g/mol. The molecule has 2 aromatic carbocycles. The third kappa shape index (κ3) is 4.80. The van der Waals surface area contributed by atoms with Gasteiger partial charge in [0, 0.05) is 12.1 Å². The van der Waals surface area contributed by atoms with Gasteiger partial charge in [-0.3, -0.25) is 19.7 Å². The summed E-state index contributed by atoms with van der Waals surface area (Å²) in [7, 11) is 0. The SMILES string of the molecule is CCOC(=O)Cn1c(=NC(=O)Cc2ccc(C)cc2C)sc2cc([N+](=O)[O-])ccc21. The van der Waals surface area contributed by atoms with Crippen molar-refractivity contribution >= 4 is 39.1 Å². The molecule has 1 amide bonds. The zero-order valence-electron chi connectivity index (χ0n) is 16.9. The van der Waals surface area contributed by atoms with Crippen molar-refractivity contribution in [3.8, 4) is 0 Å². The Balaban J connectivity index is 2.03. The maximum Gasteiger partial charge on any atom is 0.326 e. The van der Waals surface area contributed by atoms with Crippen LogP contribution in [0.4, 0.5) is 5.69 Å². The highest BCUT2D eigenvalue weighted by molar-refractivity contribution is 7.16. The number of ether oxygens (including phenoxy) is 1. The van der Waals surface area contributed by atoms with Crippen molar-refractivity contribution in [2.24, 2.45) is 4.99 Å². The number of amides is 1. The van der Waals surface area contributed by atoms with Gasteiger partial charge >= 0.3 is 5.97 Å². The summed E-state index contributed by atoms with van der Waals surface area (Å²) < 4.78 is 7.14. The maximum atomic E-state index is 12.6. The van der Waals surface area contributed by atoms with Crippen LogP contribution in [0, 0.1) is 24.0 Å². The van der Waals surface area contributed by atoms with Crippen LogP contribution in [0.2, 0.25) is 0 Å². The van der Waals surface area contributed by atoms with Crippen LogP contribution in [-0.2, 0) is 27.3 Å². The number of hydrogen-bond donors (Lipinski definition) is 0. The van der Waals surface area contributed by atoms with Crippen molar-refractivity contribution in [3.63, 3.8) is 0 Å². The number of aromatic nitrogens is 1. The Kier molecular flexibility index (Phi) is 6.41. The fraction of sp³-hybridized carbons (Fsp3) is 0.286. The van der Waals surface area contributed by atoms with E-state index >= 15 is 0 Å². The lowest BCUT2D eigenvalue weighted by atomic mass is 10.0. The minimum Gasteiger partial charge on any atom is -0.465 e. The van der Waals surface area contributed by atoms with E-state index in [0.29, 0.717) is 15.0 Å². The molecule has 0 radical (unpaired) electrons. The molecule has 3 rings (SSSR count). The smallest absolute Gasteiger partial charge is 0.326 e. The molecule has 0 spiro atoms. The molecule has 0 atom stereocenters. The fourth-order valence-corrected chi connectivity index (χ4v) is 4.18. The number of nitrogens with zero attached hydrogens (tertiary/aromatic N) is 3. The second-order valence-corrected chi connectivity index (χ2v) is 7.81. The highest BCUT2D eigenvalue weighted by atomic mass is 32.1. The van der Waals surface area contributed by atoms with Crippen molar-refractivity contribution in [3.05, 3.63) is 68.0 Å². The van der Waals surface area contributed by atoms with Gasteiger partial charge in [-0.15, -0.1) is 0 Å². The fourth-order valence-electron chi connectivity index (χ4n) is 3.10. The predicted molar refractivity (Wildman–Crippen MR) is 113 cm³/mol. The highest BCUT2D eigenvalue weighted by Gasteiger charge is 2.15. The van der Waals surface area contributed by atoms with Crippen LogP contribution in [0.25, 0.3) is 10.2 Å². The number of nitro groups is 1. The molecule has 0 aliphatic rings. The van der Waals surface area contributed by atoms with Gasteiger partial charge in [-0.1, -0.05) is 35.1 Å². The van der Waals surface area contributed by atoms with E-state index in [-0.39, 0.29) is 31.2 Å². The first kappa shape index (κ1) is 21.4. The van der Waals surface area contributed by atoms with Crippen LogP contribution in [0.15, 0.2) is 41.4 Å². The number of aryl methyl sites for hydroxylation is 2. The van der Waals surface area contributed by atoms with E-state index in [0.717, 1.165) is 28.0 Å². The summed E-state index contributed by atoms with van der Waals surface area (Å²) in [5.74, 6) is -0.834. The van der Waals surface area contributed by atoms with Gasteiger partial charge in [-0.05, 0) is 38.0 Å². The third-order valence-electron chi connectivity index (χ3n) is 4.53. The largest absolute Gasteiger partial charge is 0.465 e. The van der Waals surface area contributed by atoms with Crippen molar-refractivity contribution in [1.29, 1.82) is 0 Å². The zero-order chi connectivity index (χ0) is 21.8. The van der Waals surface area contributed by atoms with Crippen molar-refractivity contribution < 1.29 is 19.2 Å². The Morgan fingerprint density at radius 1 is 1.20 bits per heavy atom. The van der Waals surface area contributed by atoms with E-state index in [2.05, 4.69) is 4.99 Å². The van der Waals surface area contributed by atoms with E-state index in [1.807, 2.05) is 32.0 Å². The summed E-state index contributed by atoms with van der Waals surface area (Å²) >= 11 is 1.12. The molecule has 0 bridgehead atoms. The molecule has 3 aromatic rings. The minimum absolute atomic E-state index is 0.0693. The van der Waals surface area contributed by atoms with Crippen LogP contribution in [-0.4, -0.2) is 28.0 Å². The van der Waals surface area contributed by atoms with Crippen LogP contribution >= 0.6 is 11.3 Å². The van der Waals surface area contributed by atoms with E-state index in [1.165, 1.54) is 12.1 Å². The average molecular weight is 427 g/mol. The molecule has 1 heterocycles. The van der Waals surface area contributed by atoms with E-state index in [9.17, 15) is 19.7 Å². The Morgan fingerprint density at radius 3 is 2.63 bits per heavy atom. The number of carbonyl (C=O) groups is 2. The van der Waals surface area contributed by atoms with E-state index < -0.39 is 10.9 Å². The van der Waals surface area contributed by atoms with Gasteiger partial charge in [0.25, 0.3) is 11.6 Å². The number of non-ortho nitro benzene ring substituents is 1. The first-order valence-corrected chi connectivity index (χ1v) is 10.2. The van der Waals surface area contributed by atoms with Gasteiger partial charge in [-0.25, -0.2) is 0 Å². The average Bonchev–Trinajstić information content (AvgIpc) is 3.00. The summed E-state index contributed by atoms with van der Waals surface area (Å²) in [5.41, 5.74) is 3.50. The third-order valence-corrected chi connectivity index (χ3v) is 5.57. The number of hydrogen-bond acceptors (Lipinski definition) is 6. The Morgan fingerprint density at radius 2 is 1.97 bits per heavy atom. The van der Waals surface area contributed by atoms with E-state index in [4.69, 9.17) is 4.74 Å². The minimum atomic E-state index is -0.489. The summed E-state index contributed by atoms with van der Waals surface area (Å²) in [6, 6.07) is 10.2. The van der Waals surface area contributed by atoms with Gasteiger partial charge in [0.05, 0.1) is 28.2 Å². The normalized spacial score (nSPS) is 11.6. The van der Waals surface area contributed by atoms with Gasteiger partial charge in [-0.2, -0.15) is 4.99 Å². The maximum absolute atomic E-state index is 12.6. The second-order valence-electron chi connectivity index (χ2n) is 6.80. The number of fused-ring (bicyclic) bond motifs is 1. The quantitative estimate of drug-likeness (QED) is 0.340. The lowest BCUT2D eigenvalue weighted by Gasteiger charge is -2.06. The number of rotatable bonds is 6. The lowest BCUT2D eigenvalue weighted by molar-refractivity contribution is -0.384. The molecule has 8 nitrogen and oxygen atoms in total. The molecule has 0 saturated heterocycles. The number of carbonyl (C=O) groups excluding carboxylic acids is 2. The molecular formula is C21H21N3O5S. The molecule has 0 saturated carbocycles. The van der Waals surface area contributed by atoms with Crippen LogP contribution in [0.1, 0.15) is 23.6 Å². The van der Waals surface area contributed by atoms with Crippen molar-refractivity contribution in [2.45, 2.75) is 33.7 Å². The van der Waals surface area contributed by atoms with Crippen molar-refractivity contribution in [1.82, 2.24) is 4.57 Å². The van der Waals surface area contributed by atoms with Gasteiger partial charge < -0.3 is 9.30 Å². The molecule has 9 heteroatoms. The lowest BCUT2D eigenvalue weighted by Crippen LogP contribution is -2.23. The first-order valence-electron chi connectivity index (χ1n) is 9.35. The first-order chi connectivity index (χ1) is 14.3. The molecule has 1 aromatic heterocycles. The molecule has 156 valence electrons. The molecule has 0 fully saturated rings. The number of benzene rings is 2. The summed E-state index contributed by atoms with van der Waals surface area (Å²) in [4.78, 5) is 39.8. The van der Waals surface area contributed by atoms with Gasteiger partial charge in [0.15, 0.2) is 4.80 Å². The molecule has 0 aliphatic carbocycles. The topological polar surface area (TPSA) is 104 Å². The number of nitro benzene ring substituents is 1. The molecule has 0 aliphatic heterocycles. The van der Waals surface area contributed by atoms with E-state index in [1.54, 1.807) is 17.6 Å². The second kappa shape index (κ2) is 9.00. The molecule has 0 N–H and O–H groups in total. The standard InChI is InChI=1S/C21H21N3O5S/c1-4-29-20(26)12-23-17-8-7-16(24(27)28)11-18(17)30-21(23)22-19(25)10-15-6-5-13(2)9-14(15)3/h5-9,11H,4,10,12H2,1-3H3. The monoisotopic (exact) mass is 427 g/mol. The molecule has 30 heavy (non-hydrogen) atoms. The summed E-state index contributed by atoms with van der Waals surface area (Å²) in [6.45, 7) is 5.72. The van der Waals surface area contributed by atoms with Crippen LogP contribution in [0.3, 0.4) is 0 Å². The van der Waals surface area contributed by atoms with Crippen molar-refractivity contribution in [2.75, 3.05) is 6.61 Å². The summed E-state index contributed by atoms with van der Waals surface area (Å²) in [6.07, 6.45) is 0.125. The van der Waals surface area contributed by atoms with Crippen LogP contribution in [0.5, 0.6) is 0 Å². The summed E-state index contributed by atoms with van der Waals surface area (Å²) in [5, 5.41) is 11.1. The van der Waals surface area contributed by atoms with Gasteiger partial charge in [0.1, 0.15) is 6.54 Å². The number of thiazole rings is 1. The zero-order valence-corrected chi connectivity index (χ0v) is 17.7. The Bertz CT molecular complexity index is 1210. The Hall–Kier alpha value is -3.33. The molecule has 0 unspecified atom stereocenters.